The highest BCUT2D eigenvalue weighted by Gasteiger charge is 2.63. The number of hydrogen-bond acceptors (Lipinski definition) is 4. The molecule has 3 aliphatic carbocycles. The van der Waals surface area contributed by atoms with Crippen molar-refractivity contribution in [3.8, 4) is 5.69 Å². The van der Waals surface area contributed by atoms with E-state index in [1.165, 1.54) is 17.7 Å². The van der Waals surface area contributed by atoms with Gasteiger partial charge >= 0.3 is 5.97 Å². The molecule has 6 rings (SSSR count). The first kappa shape index (κ1) is 23.1. The van der Waals surface area contributed by atoms with Gasteiger partial charge < -0.3 is 15.3 Å². The van der Waals surface area contributed by atoms with Crippen molar-refractivity contribution in [3.63, 3.8) is 0 Å². The molecule has 6 nitrogen and oxygen atoms in total. The normalized spacial score (nSPS) is 25.7. The third-order valence-electron chi connectivity index (χ3n) is 8.61. The molecule has 2 saturated carbocycles. The quantitative estimate of drug-likeness (QED) is 0.451. The molecule has 3 atom stereocenters. The first-order valence-electron chi connectivity index (χ1n) is 12.6. The Morgan fingerprint density at radius 1 is 1.17 bits per heavy atom. The molecule has 3 N–H and O–H groups in total. The minimum Gasteiger partial charge on any atom is -0.479 e. The fraction of sp³-hybridized carbons (Fsp3) is 0.379. The van der Waals surface area contributed by atoms with Gasteiger partial charge in [0.15, 0.2) is 6.10 Å². The number of carboxylic acid groups (broad SMARTS) is 1. The largest absolute Gasteiger partial charge is 0.479 e. The standard InChI is InChI=1S/C29H29FN2O4/c30-22-7-9-23(10-8-22)32-25-15-21-12-14-28(36,29(21,20-5-6-20)16-19(25)17-31-32)13-11-18-3-1-2-4-24(18)26(33)27(34)35/h1-4,7-10,15,17,20,26,33,36H,5-6,11-14,16H2,(H,34,35)/t26?,28-,29+/m0/s1. The summed E-state index contributed by atoms with van der Waals surface area (Å²) >= 11 is 0. The molecule has 3 aromatic rings. The molecule has 36 heavy (non-hydrogen) atoms. The third kappa shape index (κ3) is 3.52. The summed E-state index contributed by atoms with van der Waals surface area (Å²) < 4.78 is 15.3. The maximum Gasteiger partial charge on any atom is 0.337 e. The van der Waals surface area contributed by atoms with Gasteiger partial charge in [-0.3, -0.25) is 0 Å². The number of fused-ring (bicyclic) bond motifs is 2. The topological polar surface area (TPSA) is 95.6 Å². The van der Waals surface area contributed by atoms with Crippen molar-refractivity contribution < 1.29 is 24.5 Å². The van der Waals surface area contributed by atoms with E-state index < -0.39 is 17.7 Å². The summed E-state index contributed by atoms with van der Waals surface area (Å²) in [4.78, 5) is 11.4. The van der Waals surface area contributed by atoms with Crippen LogP contribution in [0.3, 0.4) is 0 Å². The van der Waals surface area contributed by atoms with Crippen LogP contribution in [0.1, 0.15) is 60.6 Å². The molecule has 7 heteroatoms. The Labute approximate surface area is 208 Å². The Bertz CT molecular complexity index is 1360. The second kappa shape index (κ2) is 8.39. The number of aliphatic hydroxyl groups is 2. The van der Waals surface area contributed by atoms with Gasteiger partial charge in [0.25, 0.3) is 0 Å². The molecule has 0 amide bonds. The van der Waals surface area contributed by atoms with Crippen LogP contribution >= 0.6 is 0 Å². The molecule has 1 aromatic heterocycles. The molecule has 0 saturated heterocycles. The number of nitrogens with zero attached hydrogens (tertiary/aromatic N) is 2. The van der Waals surface area contributed by atoms with Crippen LogP contribution < -0.4 is 0 Å². The van der Waals surface area contributed by atoms with E-state index in [1.54, 1.807) is 24.3 Å². The molecule has 0 aliphatic heterocycles. The van der Waals surface area contributed by atoms with Gasteiger partial charge in [-0.25, -0.2) is 13.9 Å². The van der Waals surface area contributed by atoms with Crippen LogP contribution in [0.4, 0.5) is 4.39 Å². The molecular formula is C29H29FN2O4. The number of benzene rings is 2. The van der Waals surface area contributed by atoms with Gasteiger partial charge in [0.2, 0.25) is 0 Å². The SMILES string of the molecule is O=C(O)C(O)c1ccccc1CC[C@]1(O)CCC2=Cc3c(cnn3-c3ccc(F)cc3)C[C@@]21C1CC1. The van der Waals surface area contributed by atoms with Gasteiger partial charge in [0.05, 0.1) is 23.2 Å². The highest BCUT2D eigenvalue weighted by molar-refractivity contribution is 5.74. The summed E-state index contributed by atoms with van der Waals surface area (Å²) in [7, 11) is 0. The number of rotatable bonds is 7. The molecule has 0 spiro atoms. The first-order valence-corrected chi connectivity index (χ1v) is 12.6. The number of aliphatic hydroxyl groups excluding tert-OH is 1. The lowest BCUT2D eigenvalue weighted by Crippen LogP contribution is -2.49. The molecule has 186 valence electrons. The van der Waals surface area contributed by atoms with Crippen LogP contribution in [0.5, 0.6) is 0 Å². The van der Waals surface area contributed by atoms with E-state index in [2.05, 4.69) is 11.2 Å². The van der Waals surface area contributed by atoms with E-state index in [-0.39, 0.29) is 11.2 Å². The van der Waals surface area contributed by atoms with E-state index in [0.717, 1.165) is 41.8 Å². The zero-order chi connectivity index (χ0) is 25.1. The van der Waals surface area contributed by atoms with Crippen LogP contribution in [-0.2, 0) is 17.6 Å². The number of aliphatic carboxylic acids is 1. The summed E-state index contributed by atoms with van der Waals surface area (Å²) in [5, 5.41) is 36.4. The van der Waals surface area contributed by atoms with E-state index in [4.69, 9.17) is 0 Å². The van der Waals surface area contributed by atoms with Crippen molar-refractivity contribution in [1.29, 1.82) is 0 Å². The predicted molar refractivity (Wildman–Crippen MR) is 132 cm³/mol. The van der Waals surface area contributed by atoms with Crippen molar-refractivity contribution in [2.75, 3.05) is 0 Å². The summed E-state index contributed by atoms with van der Waals surface area (Å²) in [5.74, 6) is -1.16. The van der Waals surface area contributed by atoms with Crippen LogP contribution in [0.2, 0.25) is 0 Å². The number of hydrogen-bond donors (Lipinski definition) is 3. The van der Waals surface area contributed by atoms with Gasteiger partial charge in [-0.15, -0.1) is 0 Å². The number of aromatic nitrogens is 2. The fourth-order valence-electron chi connectivity index (χ4n) is 6.71. The van der Waals surface area contributed by atoms with Crippen molar-refractivity contribution in [2.24, 2.45) is 11.3 Å². The highest BCUT2D eigenvalue weighted by atomic mass is 19.1. The average molecular weight is 489 g/mol. The zero-order valence-electron chi connectivity index (χ0n) is 19.9. The van der Waals surface area contributed by atoms with Gasteiger partial charge in [0.1, 0.15) is 5.82 Å². The molecule has 3 aliphatic rings. The molecular weight excluding hydrogens is 459 g/mol. The molecule has 1 heterocycles. The molecule has 2 fully saturated rings. The van der Waals surface area contributed by atoms with Gasteiger partial charge in [0, 0.05) is 5.41 Å². The van der Waals surface area contributed by atoms with Crippen LogP contribution in [0.25, 0.3) is 11.8 Å². The minimum absolute atomic E-state index is 0.288. The second-order valence-corrected chi connectivity index (χ2v) is 10.5. The molecule has 0 bridgehead atoms. The van der Waals surface area contributed by atoms with Gasteiger partial charge in [-0.05, 0) is 97.9 Å². The number of carboxylic acids is 1. The Morgan fingerprint density at radius 3 is 2.64 bits per heavy atom. The monoisotopic (exact) mass is 488 g/mol. The van der Waals surface area contributed by atoms with Gasteiger partial charge in [-0.1, -0.05) is 29.8 Å². The van der Waals surface area contributed by atoms with Crippen molar-refractivity contribution in [3.05, 3.63) is 88.5 Å². The predicted octanol–water partition coefficient (Wildman–Crippen LogP) is 4.62. The molecule has 2 aromatic carbocycles. The average Bonchev–Trinajstić information content (AvgIpc) is 3.60. The lowest BCUT2D eigenvalue weighted by atomic mass is 9.61. The lowest BCUT2D eigenvalue weighted by molar-refractivity contribution is -0.147. The Kier molecular flexibility index (Phi) is 5.39. The van der Waals surface area contributed by atoms with E-state index in [1.807, 2.05) is 23.0 Å². The lowest BCUT2D eigenvalue weighted by Gasteiger charge is -2.46. The summed E-state index contributed by atoms with van der Waals surface area (Å²) in [6, 6.07) is 13.4. The van der Waals surface area contributed by atoms with Crippen molar-refractivity contribution in [2.45, 2.75) is 56.7 Å². The second-order valence-electron chi connectivity index (χ2n) is 10.5. The van der Waals surface area contributed by atoms with E-state index in [9.17, 15) is 24.5 Å². The Morgan fingerprint density at radius 2 is 1.92 bits per heavy atom. The summed E-state index contributed by atoms with van der Waals surface area (Å²) in [5.41, 5.74) is 3.97. The highest BCUT2D eigenvalue weighted by Crippen LogP contribution is 2.66. The van der Waals surface area contributed by atoms with Gasteiger partial charge in [-0.2, -0.15) is 5.10 Å². The van der Waals surface area contributed by atoms with Crippen molar-refractivity contribution in [1.82, 2.24) is 9.78 Å². The van der Waals surface area contributed by atoms with E-state index in [0.29, 0.717) is 37.2 Å². The number of carbonyl (C=O) groups is 1. The van der Waals surface area contributed by atoms with E-state index >= 15 is 0 Å². The maximum absolute atomic E-state index is 13.5. The Balaban J connectivity index is 1.33. The smallest absolute Gasteiger partial charge is 0.337 e. The maximum atomic E-state index is 13.5. The van der Waals surface area contributed by atoms with Crippen LogP contribution in [0.15, 0.2) is 60.3 Å². The fourth-order valence-corrected chi connectivity index (χ4v) is 6.71. The van der Waals surface area contributed by atoms with Crippen molar-refractivity contribution >= 4 is 12.0 Å². The van der Waals surface area contributed by atoms with Crippen LogP contribution in [0, 0.1) is 17.2 Å². The zero-order valence-corrected chi connectivity index (χ0v) is 19.9. The summed E-state index contributed by atoms with van der Waals surface area (Å²) in [6.07, 6.45) is 7.75. The third-order valence-corrected chi connectivity index (χ3v) is 8.61. The molecule has 0 radical (unpaired) electrons. The number of aryl methyl sites for hydroxylation is 1. The first-order chi connectivity index (χ1) is 17.3. The minimum atomic E-state index is -1.58. The molecule has 1 unspecified atom stereocenters. The Hall–Kier alpha value is -3.29. The number of halogens is 1. The van der Waals surface area contributed by atoms with Crippen LogP contribution in [-0.4, -0.2) is 36.7 Å². The summed E-state index contributed by atoms with van der Waals surface area (Å²) in [6.45, 7) is 0.